The van der Waals surface area contributed by atoms with Crippen LogP contribution in [0.3, 0.4) is 0 Å². The number of hydrogen-bond donors (Lipinski definition) is 2. The number of nitrogens with zero attached hydrogens (tertiary/aromatic N) is 1. The van der Waals surface area contributed by atoms with Crippen LogP contribution in [0, 0.1) is 0 Å². The second-order valence-corrected chi connectivity index (χ2v) is 7.72. The number of carbonyl (C=O) groups excluding carboxylic acids is 2. The van der Waals surface area contributed by atoms with Crippen molar-refractivity contribution in [2.45, 2.75) is 48.8 Å². The van der Waals surface area contributed by atoms with Crippen LogP contribution in [-0.4, -0.2) is 47.6 Å². The molecule has 0 aliphatic carbocycles. The number of likely N-dealkylation sites (tertiary alicyclic amines) is 1. The predicted molar refractivity (Wildman–Crippen MR) is 97.2 cm³/mol. The quantitative estimate of drug-likeness (QED) is 0.859. The third kappa shape index (κ3) is 4.30. The molecule has 24 heavy (non-hydrogen) atoms. The minimum absolute atomic E-state index is 0.0176. The maximum atomic E-state index is 12.3. The summed E-state index contributed by atoms with van der Waals surface area (Å²) in [5.41, 5.74) is 0.840. The molecular formula is C18H25N3O2S. The molecule has 2 aliphatic heterocycles. The van der Waals surface area contributed by atoms with Gasteiger partial charge in [-0.15, -0.1) is 11.8 Å². The normalized spacial score (nSPS) is 21.9. The van der Waals surface area contributed by atoms with Crippen LogP contribution in [0.4, 0.5) is 5.69 Å². The zero-order chi connectivity index (χ0) is 16.9. The summed E-state index contributed by atoms with van der Waals surface area (Å²) < 4.78 is 0. The number of hydrogen-bond acceptors (Lipinski definition) is 4. The van der Waals surface area contributed by atoms with Gasteiger partial charge in [0.1, 0.15) is 0 Å². The molecule has 0 unspecified atom stereocenters. The highest BCUT2D eigenvalue weighted by Gasteiger charge is 2.29. The van der Waals surface area contributed by atoms with Gasteiger partial charge < -0.3 is 15.5 Å². The highest BCUT2D eigenvalue weighted by atomic mass is 32.2. The molecular weight excluding hydrogens is 322 g/mol. The Labute approximate surface area is 147 Å². The molecule has 5 nitrogen and oxygen atoms in total. The first-order valence-electron chi connectivity index (χ1n) is 8.74. The van der Waals surface area contributed by atoms with Crippen molar-refractivity contribution in [1.82, 2.24) is 10.2 Å². The van der Waals surface area contributed by atoms with E-state index in [2.05, 4.69) is 22.5 Å². The molecule has 2 aliphatic rings. The number of amides is 2. The van der Waals surface area contributed by atoms with E-state index >= 15 is 0 Å². The molecule has 0 aromatic heterocycles. The summed E-state index contributed by atoms with van der Waals surface area (Å²) in [6.45, 7) is 5.42. The Morgan fingerprint density at radius 2 is 2.08 bits per heavy atom. The van der Waals surface area contributed by atoms with E-state index in [-0.39, 0.29) is 29.5 Å². The van der Waals surface area contributed by atoms with Gasteiger partial charge in [0.25, 0.3) is 0 Å². The summed E-state index contributed by atoms with van der Waals surface area (Å²) in [6, 6.07) is 7.96. The molecule has 0 radical (unpaired) electrons. The van der Waals surface area contributed by atoms with E-state index in [0.717, 1.165) is 43.1 Å². The molecule has 1 aromatic carbocycles. The van der Waals surface area contributed by atoms with Gasteiger partial charge in [-0.3, -0.25) is 9.59 Å². The molecule has 1 saturated heterocycles. The Kier molecular flexibility index (Phi) is 5.79. The largest absolute Gasteiger partial charge is 0.353 e. The van der Waals surface area contributed by atoms with E-state index in [4.69, 9.17) is 0 Å². The Hall–Kier alpha value is -1.53. The van der Waals surface area contributed by atoms with Gasteiger partial charge in [-0.25, -0.2) is 0 Å². The molecule has 1 atom stereocenters. The van der Waals surface area contributed by atoms with E-state index in [9.17, 15) is 9.59 Å². The fourth-order valence-electron chi connectivity index (χ4n) is 3.30. The van der Waals surface area contributed by atoms with Crippen LogP contribution in [0.5, 0.6) is 0 Å². The number of anilines is 1. The molecule has 3 rings (SSSR count). The Morgan fingerprint density at radius 1 is 1.33 bits per heavy atom. The molecule has 2 heterocycles. The van der Waals surface area contributed by atoms with Crippen molar-refractivity contribution >= 4 is 29.3 Å². The van der Waals surface area contributed by atoms with Gasteiger partial charge in [-0.2, -0.15) is 0 Å². The zero-order valence-electron chi connectivity index (χ0n) is 14.1. The topological polar surface area (TPSA) is 61.4 Å². The van der Waals surface area contributed by atoms with Gasteiger partial charge in [0.15, 0.2) is 0 Å². The maximum absolute atomic E-state index is 12.3. The van der Waals surface area contributed by atoms with Crippen molar-refractivity contribution in [1.29, 1.82) is 0 Å². The molecule has 0 spiro atoms. The lowest BCUT2D eigenvalue weighted by Crippen LogP contribution is -2.46. The highest BCUT2D eigenvalue weighted by molar-refractivity contribution is 8.01. The predicted octanol–water partition coefficient (Wildman–Crippen LogP) is 2.48. The molecule has 2 N–H and O–H groups in total. The average molecular weight is 347 g/mol. The zero-order valence-corrected chi connectivity index (χ0v) is 14.9. The number of piperidine rings is 1. The van der Waals surface area contributed by atoms with Crippen molar-refractivity contribution in [3.05, 3.63) is 24.3 Å². The van der Waals surface area contributed by atoms with Crippen molar-refractivity contribution in [2.75, 3.05) is 25.0 Å². The van der Waals surface area contributed by atoms with Crippen LogP contribution in [0.2, 0.25) is 0 Å². The first kappa shape index (κ1) is 17.3. The highest BCUT2D eigenvalue weighted by Crippen LogP contribution is 2.36. The number of thioether (sulfide) groups is 1. The summed E-state index contributed by atoms with van der Waals surface area (Å²) in [4.78, 5) is 28.0. The molecule has 1 fully saturated rings. The Morgan fingerprint density at radius 3 is 2.83 bits per heavy atom. The van der Waals surface area contributed by atoms with Gasteiger partial charge in [-0.05, 0) is 37.9 Å². The van der Waals surface area contributed by atoms with Crippen LogP contribution in [0.1, 0.15) is 32.6 Å². The van der Waals surface area contributed by atoms with Crippen LogP contribution in [-0.2, 0) is 9.59 Å². The van der Waals surface area contributed by atoms with Gasteiger partial charge in [-0.1, -0.05) is 19.1 Å². The van der Waals surface area contributed by atoms with E-state index in [0.29, 0.717) is 0 Å². The Bertz CT molecular complexity index is 600. The minimum Gasteiger partial charge on any atom is -0.353 e. The fourth-order valence-corrected chi connectivity index (χ4v) is 4.41. The second-order valence-electron chi connectivity index (χ2n) is 6.48. The fraction of sp³-hybridized carbons (Fsp3) is 0.556. The summed E-state index contributed by atoms with van der Waals surface area (Å²) >= 11 is 1.48. The number of rotatable bonds is 5. The molecule has 1 aromatic rings. The third-order valence-corrected chi connectivity index (χ3v) is 5.85. The van der Waals surface area contributed by atoms with Crippen LogP contribution in [0.25, 0.3) is 0 Å². The average Bonchev–Trinajstić information content (AvgIpc) is 2.57. The van der Waals surface area contributed by atoms with Crippen molar-refractivity contribution in [2.24, 2.45) is 0 Å². The van der Waals surface area contributed by atoms with Crippen molar-refractivity contribution < 1.29 is 9.59 Å². The number of benzene rings is 1. The molecule has 2 amide bonds. The number of nitrogens with one attached hydrogen (secondary N) is 2. The lowest BCUT2D eigenvalue weighted by molar-refractivity contribution is -0.124. The van der Waals surface area contributed by atoms with E-state index in [1.807, 2.05) is 24.3 Å². The number of carbonyl (C=O) groups is 2. The van der Waals surface area contributed by atoms with E-state index < -0.39 is 0 Å². The molecule has 6 heteroatoms. The number of para-hydroxylation sites is 1. The van der Waals surface area contributed by atoms with Gasteiger partial charge in [0.05, 0.1) is 10.9 Å². The van der Waals surface area contributed by atoms with Crippen LogP contribution < -0.4 is 10.6 Å². The van der Waals surface area contributed by atoms with Crippen LogP contribution >= 0.6 is 11.8 Å². The summed E-state index contributed by atoms with van der Waals surface area (Å²) in [5, 5.41) is 5.66. The van der Waals surface area contributed by atoms with E-state index in [1.165, 1.54) is 18.2 Å². The molecule has 0 saturated carbocycles. The van der Waals surface area contributed by atoms with Gasteiger partial charge in [0.2, 0.25) is 11.8 Å². The summed E-state index contributed by atoms with van der Waals surface area (Å²) in [7, 11) is 0. The monoisotopic (exact) mass is 347 g/mol. The van der Waals surface area contributed by atoms with Gasteiger partial charge in [0, 0.05) is 30.4 Å². The van der Waals surface area contributed by atoms with E-state index in [1.54, 1.807) is 0 Å². The number of fused-ring (bicyclic) bond motifs is 1. The van der Waals surface area contributed by atoms with Crippen molar-refractivity contribution in [3.8, 4) is 0 Å². The summed E-state index contributed by atoms with van der Waals surface area (Å²) in [5.74, 6) is -0.0948. The first-order chi connectivity index (χ1) is 11.7. The second kappa shape index (κ2) is 8.03. The maximum Gasteiger partial charge on any atom is 0.238 e. The lowest BCUT2D eigenvalue weighted by Gasteiger charge is -2.32. The standard InChI is InChI=1S/C18H25N3O2S/c1-2-9-21-10-7-13(8-11-21)19-17(22)12-16-18(23)20-14-5-3-4-6-15(14)24-16/h3-6,13,16H,2,7-12H2,1H3,(H,19,22)(H,20,23)/t16-/m1/s1. The minimum atomic E-state index is -0.347. The van der Waals surface area contributed by atoms with Crippen molar-refractivity contribution in [3.63, 3.8) is 0 Å². The Balaban J connectivity index is 1.48. The first-order valence-corrected chi connectivity index (χ1v) is 9.62. The lowest BCUT2D eigenvalue weighted by atomic mass is 10.0. The molecule has 0 bridgehead atoms. The van der Waals surface area contributed by atoms with Crippen LogP contribution in [0.15, 0.2) is 29.2 Å². The van der Waals surface area contributed by atoms with Gasteiger partial charge >= 0.3 is 0 Å². The SMILES string of the molecule is CCCN1CCC(NC(=O)C[C@H]2Sc3ccccc3NC2=O)CC1. The smallest absolute Gasteiger partial charge is 0.238 e. The summed E-state index contributed by atoms with van der Waals surface area (Å²) in [6.07, 6.45) is 3.41. The third-order valence-electron chi connectivity index (χ3n) is 4.57. The molecule has 130 valence electrons.